The summed E-state index contributed by atoms with van der Waals surface area (Å²) < 4.78 is 6.90. The van der Waals surface area contributed by atoms with E-state index in [1.54, 1.807) is 10.9 Å². The Kier molecular flexibility index (Phi) is 5.90. The van der Waals surface area contributed by atoms with Crippen molar-refractivity contribution in [2.45, 2.75) is 26.4 Å². The molecule has 2 N–H and O–H groups in total. The zero-order valence-electron chi connectivity index (χ0n) is 11.5. The van der Waals surface area contributed by atoms with Crippen LogP contribution in [0.4, 0.5) is 0 Å². The first kappa shape index (κ1) is 16.1. The van der Waals surface area contributed by atoms with Gasteiger partial charge in [0.15, 0.2) is 5.11 Å². The normalized spacial score (nSPS) is 10.6. The largest absolute Gasteiger partial charge is 0.467 e. The molecule has 21 heavy (non-hydrogen) atoms. The third-order valence-electron chi connectivity index (χ3n) is 2.83. The van der Waals surface area contributed by atoms with E-state index < -0.39 is 0 Å². The van der Waals surface area contributed by atoms with Gasteiger partial charge in [0.25, 0.3) is 0 Å². The van der Waals surface area contributed by atoms with Gasteiger partial charge in [-0.3, -0.25) is 4.68 Å². The molecule has 2 aromatic heterocycles. The van der Waals surface area contributed by atoms with Crippen LogP contribution in [0.15, 0.2) is 22.8 Å². The van der Waals surface area contributed by atoms with Crippen molar-refractivity contribution in [2.24, 2.45) is 0 Å². The molecule has 0 aromatic carbocycles. The highest BCUT2D eigenvalue weighted by Gasteiger charge is 2.10. The van der Waals surface area contributed by atoms with Crippen LogP contribution in [0.3, 0.4) is 0 Å². The van der Waals surface area contributed by atoms with E-state index in [1.807, 2.05) is 19.1 Å². The summed E-state index contributed by atoms with van der Waals surface area (Å²) in [5, 5.41) is 12.0. The maximum atomic E-state index is 6.06. The van der Waals surface area contributed by atoms with Gasteiger partial charge in [0.1, 0.15) is 15.9 Å². The molecule has 2 rings (SSSR count). The van der Waals surface area contributed by atoms with Gasteiger partial charge in [-0.25, -0.2) is 0 Å². The number of aromatic nitrogens is 2. The highest BCUT2D eigenvalue weighted by Crippen LogP contribution is 2.24. The molecule has 0 spiro atoms. The number of nitrogens with one attached hydrogen (secondary N) is 2. The minimum atomic E-state index is 0.479. The number of furan rings is 1. The van der Waals surface area contributed by atoms with Gasteiger partial charge in [-0.1, -0.05) is 23.2 Å². The molecule has 0 saturated heterocycles. The summed E-state index contributed by atoms with van der Waals surface area (Å²) in [7, 11) is 0. The summed E-state index contributed by atoms with van der Waals surface area (Å²) in [4.78, 5) is 0. The van der Waals surface area contributed by atoms with Crippen molar-refractivity contribution in [1.29, 1.82) is 0 Å². The highest BCUT2D eigenvalue weighted by atomic mass is 35.5. The van der Waals surface area contributed by atoms with Crippen LogP contribution in [0.2, 0.25) is 10.2 Å². The van der Waals surface area contributed by atoms with Crippen LogP contribution in [0, 0.1) is 6.92 Å². The standard InChI is InChI=1S/C13H16Cl2N4OS/c1-9-11(14)12(15)19(18-9)6-3-5-16-13(21)17-8-10-4-2-7-20-10/h2,4,7H,3,5-6,8H2,1H3,(H2,16,17,21). The SMILES string of the molecule is Cc1nn(CCCNC(=S)NCc2ccco2)c(Cl)c1Cl. The van der Waals surface area contributed by atoms with Crippen molar-refractivity contribution >= 4 is 40.5 Å². The number of rotatable bonds is 6. The van der Waals surface area contributed by atoms with Gasteiger partial charge in [-0.05, 0) is 37.7 Å². The van der Waals surface area contributed by atoms with Crippen molar-refractivity contribution < 1.29 is 4.42 Å². The molecular weight excluding hydrogens is 331 g/mol. The Hall–Kier alpha value is -1.24. The number of halogens is 2. The second-order valence-corrected chi connectivity index (χ2v) is 5.60. The smallest absolute Gasteiger partial charge is 0.166 e. The molecule has 0 aliphatic rings. The lowest BCUT2D eigenvalue weighted by molar-refractivity contribution is 0.502. The number of hydrogen-bond acceptors (Lipinski definition) is 3. The highest BCUT2D eigenvalue weighted by molar-refractivity contribution is 7.80. The van der Waals surface area contributed by atoms with Gasteiger partial charge in [0.05, 0.1) is 18.5 Å². The molecule has 0 amide bonds. The van der Waals surface area contributed by atoms with Crippen LogP contribution >= 0.6 is 35.4 Å². The quantitative estimate of drug-likeness (QED) is 0.621. The van der Waals surface area contributed by atoms with Crippen LogP contribution in [0.5, 0.6) is 0 Å². The average Bonchev–Trinajstić information content (AvgIpc) is 3.06. The Labute approximate surface area is 138 Å². The van der Waals surface area contributed by atoms with E-state index in [2.05, 4.69) is 15.7 Å². The van der Waals surface area contributed by atoms with Crippen LogP contribution in [0.25, 0.3) is 0 Å². The summed E-state index contributed by atoms with van der Waals surface area (Å²) in [6.45, 7) is 3.80. The molecule has 0 aliphatic carbocycles. The van der Waals surface area contributed by atoms with Crippen LogP contribution in [-0.2, 0) is 13.1 Å². The fraction of sp³-hybridized carbons (Fsp3) is 0.385. The van der Waals surface area contributed by atoms with Crippen LogP contribution < -0.4 is 10.6 Å². The van der Waals surface area contributed by atoms with E-state index in [1.165, 1.54) is 0 Å². The lowest BCUT2D eigenvalue weighted by Crippen LogP contribution is -2.35. The van der Waals surface area contributed by atoms with Gasteiger partial charge in [-0.2, -0.15) is 5.10 Å². The van der Waals surface area contributed by atoms with E-state index in [0.29, 0.717) is 28.4 Å². The molecule has 114 valence electrons. The van der Waals surface area contributed by atoms with Gasteiger partial charge >= 0.3 is 0 Å². The minimum Gasteiger partial charge on any atom is -0.467 e. The molecule has 0 bridgehead atoms. The molecule has 0 radical (unpaired) electrons. The van der Waals surface area contributed by atoms with E-state index in [0.717, 1.165) is 24.4 Å². The molecule has 5 nitrogen and oxygen atoms in total. The zero-order chi connectivity index (χ0) is 15.2. The van der Waals surface area contributed by atoms with Crippen LogP contribution in [-0.4, -0.2) is 21.4 Å². The molecule has 0 aliphatic heterocycles. The van der Waals surface area contributed by atoms with Crippen molar-refractivity contribution in [3.8, 4) is 0 Å². The maximum Gasteiger partial charge on any atom is 0.166 e. The third kappa shape index (κ3) is 4.62. The Balaban J connectivity index is 1.65. The van der Waals surface area contributed by atoms with Crippen molar-refractivity contribution in [3.05, 3.63) is 40.0 Å². The molecular formula is C13H16Cl2N4OS. The third-order valence-corrected chi connectivity index (χ3v) is 4.05. The van der Waals surface area contributed by atoms with E-state index >= 15 is 0 Å². The van der Waals surface area contributed by atoms with Gasteiger partial charge in [0.2, 0.25) is 0 Å². The molecule has 2 heterocycles. The summed E-state index contributed by atoms with van der Waals surface area (Å²) in [5.74, 6) is 0.840. The lowest BCUT2D eigenvalue weighted by Gasteiger charge is -2.09. The first-order chi connectivity index (χ1) is 10.1. The summed E-state index contributed by atoms with van der Waals surface area (Å²) in [5.41, 5.74) is 0.741. The molecule has 0 unspecified atom stereocenters. The van der Waals surface area contributed by atoms with Gasteiger partial charge < -0.3 is 15.1 Å². The Morgan fingerprint density at radius 2 is 2.24 bits per heavy atom. The summed E-state index contributed by atoms with van der Waals surface area (Å²) >= 11 is 17.2. The van der Waals surface area contributed by atoms with Crippen molar-refractivity contribution in [2.75, 3.05) is 6.54 Å². The lowest BCUT2D eigenvalue weighted by atomic mass is 10.4. The molecule has 8 heteroatoms. The number of thiocarbonyl (C=S) groups is 1. The van der Waals surface area contributed by atoms with Crippen molar-refractivity contribution in [1.82, 2.24) is 20.4 Å². The van der Waals surface area contributed by atoms with Crippen molar-refractivity contribution in [3.63, 3.8) is 0 Å². The first-order valence-corrected chi connectivity index (χ1v) is 7.67. The maximum absolute atomic E-state index is 6.06. The minimum absolute atomic E-state index is 0.479. The number of aryl methyl sites for hydroxylation is 2. The fourth-order valence-corrected chi connectivity index (χ4v) is 2.32. The number of nitrogens with zero attached hydrogens (tertiary/aromatic N) is 2. The predicted octanol–water partition coefficient (Wildman–Crippen LogP) is 3.15. The average molecular weight is 347 g/mol. The fourth-order valence-electron chi connectivity index (χ4n) is 1.75. The molecule has 0 fully saturated rings. The second-order valence-electron chi connectivity index (χ2n) is 4.46. The molecule has 0 saturated carbocycles. The molecule has 0 atom stereocenters. The summed E-state index contributed by atoms with van der Waals surface area (Å²) in [6.07, 6.45) is 2.47. The first-order valence-electron chi connectivity index (χ1n) is 6.50. The Morgan fingerprint density at radius 1 is 1.43 bits per heavy atom. The van der Waals surface area contributed by atoms with E-state index in [9.17, 15) is 0 Å². The van der Waals surface area contributed by atoms with E-state index in [4.69, 9.17) is 39.8 Å². The van der Waals surface area contributed by atoms with Gasteiger partial charge in [-0.15, -0.1) is 0 Å². The van der Waals surface area contributed by atoms with Crippen LogP contribution in [0.1, 0.15) is 17.9 Å². The topological polar surface area (TPSA) is 55.0 Å². The molecule has 2 aromatic rings. The predicted molar refractivity (Wildman–Crippen MR) is 87.7 cm³/mol. The Bertz CT molecular complexity index is 598. The zero-order valence-corrected chi connectivity index (χ0v) is 13.9. The monoisotopic (exact) mass is 346 g/mol. The Morgan fingerprint density at radius 3 is 2.86 bits per heavy atom. The second kappa shape index (κ2) is 7.68. The number of hydrogen-bond donors (Lipinski definition) is 2. The van der Waals surface area contributed by atoms with Gasteiger partial charge in [0, 0.05) is 13.1 Å². The summed E-state index contributed by atoms with van der Waals surface area (Å²) in [6, 6.07) is 3.73. The van der Waals surface area contributed by atoms with E-state index in [-0.39, 0.29) is 0 Å².